The average molecular weight is 372 g/mol. The number of aromatic nitrogens is 2. The van der Waals surface area contributed by atoms with E-state index in [1.807, 2.05) is 49.4 Å². The second kappa shape index (κ2) is 7.38. The van der Waals surface area contributed by atoms with Crippen LogP contribution in [0.5, 0.6) is 11.5 Å². The Balaban J connectivity index is 1.65. The predicted octanol–water partition coefficient (Wildman–Crippen LogP) is 5.99. The van der Waals surface area contributed by atoms with E-state index in [-0.39, 0.29) is 11.5 Å². The first-order valence-corrected chi connectivity index (χ1v) is 8.84. The SMILES string of the molecule is C[C@H](Nc1ccc(Oc2ccccc2Cl)cc1)c1nc(C(C)(C)C)no1. The number of anilines is 1. The van der Waals surface area contributed by atoms with E-state index in [9.17, 15) is 0 Å². The van der Waals surface area contributed by atoms with Crippen molar-refractivity contribution in [2.24, 2.45) is 0 Å². The number of hydrogen-bond acceptors (Lipinski definition) is 5. The maximum atomic E-state index is 6.12. The molecule has 0 amide bonds. The Morgan fingerprint density at radius 2 is 1.77 bits per heavy atom. The van der Waals surface area contributed by atoms with Crippen LogP contribution in [0.2, 0.25) is 5.02 Å². The highest BCUT2D eigenvalue weighted by Crippen LogP contribution is 2.30. The highest BCUT2D eigenvalue weighted by Gasteiger charge is 2.23. The molecular formula is C20H22ClN3O2. The summed E-state index contributed by atoms with van der Waals surface area (Å²) in [6, 6.07) is 14.9. The van der Waals surface area contributed by atoms with E-state index < -0.39 is 0 Å². The molecule has 5 nitrogen and oxygen atoms in total. The van der Waals surface area contributed by atoms with Crippen molar-refractivity contribution in [2.75, 3.05) is 5.32 Å². The molecule has 1 atom stereocenters. The van der Waals surface area contributed by atoms with Gasteiger partial charge in [0.1, 0.15) is 17.5 Å². The lowest BCUT2D eigenvalue weighted by atomic mass is 9.96. The second-order valence-corrected chi connectivity index (χ2v) is 7.54. The molecule has 2 aromatic carbocycles. The lowest BCUT2D eigenvalue weighted by molar-refractivity contribution is 0.354. The van der Waals surface area contributed by atoms with Gasteiger partial charge in [-0.2, -0.15) is 4.98 Å². The zero-order valence-corrected chi connectivity index (χ0v) is 16.0. The Hall–Kier alpha value is -2.53. The Kier molecular flexibility index (Phi) is 5.18. The van der Waals surface area contributed by atoms with Gasteiger partial charge in [-0.3, -0.25) is 0 Å². The van der Waals surface area contributed by atoms with E-state index in [1.54, 1.807) is 6.07 Å². The van der Waals surface area contributed by atoms with Gasteiger partial charge in [-0.25, -0.2) is 0 Å². The Morgan fingerprint density at radius 3 is 2.38 bits per heavy atom. The standard InChI is InChI=1S/C20H22ClN3O2/c1-13(18-23-19(24-26-18)20(2,3)4)22-14-9-11-15(12-10-14)25-17-8-6-5-7-16(17)21/h5-13,22H,1-4H3/t13-/m0/s1. The summed E-state index contributed by atoms with van der Waals surface area (Å²) in [4.78, 5) is 4.48. The molecule has 0 aliphatic heterocycles. The van der Waals surface area contributed by atoms with Crippen molar-refractivity contribution in [2.45, 2.75) is 39.2 Å². The first kappa shape index (κ1) is 18.3. The van der Waals surface area contributed by atoms with Crippen LogP contribution < -0.4 is 10.1 Å². The zero-order valence-electron chi connectivity index (χ0n) is 15.3. The van der Waals surface area contributed by atoms with Crippen LogP contribution in [-0.2, 0) is 5.41 Å². The Labute approximate surface area is 158 Å². The molecule has 136 valence electrons. The Bertz CT molecular complexity index is 869. The van der Waals surface area contributed by atoms with Crippen LogP contribution in [0, 0.1) is 0 Å². The molecule has 3 rings (SSSR count). The van der Waals surface area contributed by atoms with Crippen LogP contribution in [0.25, 0.3) is 0 Å². The molecule has 1 N–H and O–H groups in total. The van der Waals surface area contributed by atoms with Crippen LogP contribution in [0.1, 0.15) is 45.5 Å². The van der Waals surface area contributed by atoms with Crippen molar-refractivity contribution in [3.63, 3.8) is 0 Å². The zero-order chi connectivity index (χ0) is 18.7. The van der Waals surface area contributed by atoms with Crippen molar-refractivity contribution in [3.8, 4) is 11.5 Å². The molecular weight excluding hydrogens is 350 g/mol. The van der Waals surface area contributed by atoms with Gasteiger partial charge in [-0.1, -0.05) is 49.7 Å². The molecule has 0 saturated heterocycles. The summed E-state index contributed by atoms with van der Waals surface area (Å²) in [5, 5.41) is 7.99. The van der Waals surface area contributed by atoms with E-state index in [0.717, 1.165) is 5.69 Å². The smallest absolute Gasteiger partial charge is 0.248 e. The summed E-state index contributed by atoms with van der Waals surface area (Å²) >= 11 is 6.12. The minimum atomic E-state index is -0.140. The largest absolute Gasteiger partial charge is 0.456 e. The highest BCUT2D eigenvalue weighted by molar-refractivity contribution is 6.32. The Morgan fingerprint density at radius 1 is 1.08 bits per heavy atom. The van der Waals surface area contributed by atoms with Crippen molar-refractivity contribution < 1.29 is 9.26 Å². The number of para-hydroxylation sites is 1. The fraction of sp³-hybridized carbons (Fsp3) is 0.300. The summed E-state index contributed by atoms with van der Waals surface area (Å²) in [7, 11) is 0. The topological polar surface area (TPSA) is 60.2 Å². The summed E-state index contributed by atoms with van der Waals surface area (Å²) < 4.78 is 11.2. The van der Waals surface area contributed by atoms with E-state index in [2.05, 4.69) is 36.2 Å². The number of rotatable bonds is 5. The van der Waals surface area contributed by atoms with E-state index in [1.165, 1.54) is 0 Å². The average Bonchev–Trinajstić information content (AvgIpc) is 3.09. The molecule has 0 unspecified atom stereocenters. The van der Waals surface area contributed by atoms with Crippen LogP contribution in [0.15, 0.2) is 53.1 Å². The van der Waals surface area contributed by atoms with E-state index in [0.29, 0.717) is 28.2 Å². The fourth-order valence-corrected chi connectivity index (χ4v) is 2.48. The van der Waals surface area contributed by atoms with Gasteiger partial charge in [0.05, 0.1) is 5.02 Å². The molecule has 0 aliphatic rings. The number of nitrogens with zero attached hydrogens (tertiary/aromatic N) is 2. The third-order valence-electron chi connectivity index (χ3n) is 3.78. The molecule has 0 bridgehead atoms. The summed E-state index contributed by atoms with van der Waals surface area (Å²) in [6.45, 7) is 8.14. The van der Waals surface area contributed by atoms with Gasteiger partial charge in [-0.05, 0) is 43.3 Å². The molecule has 0 fully saturated rings. The number of benzene rings is 2. The maximum Gasteiger partial charge on any atom is 0.248 e. The van der Waals surface area contributed by atoms with Crippen LogP contribution in [0.4, 0.5) is 5.69 Å². The van der Waals surface area contributed by atoms with Gasteiger partial charge in [0.2, 0.25) is 5.89 Å². The van der Waals surface area contributed by atoms with Crippen LogP contribution in [-0.4, -0.2) is 10.1 Å². The first-order valence-electron chi connectivity index (χ1n) is 8.46. The van der Waals surface area contributed by atoms with E-state index >= 15 is 0 Å². The molecule has 0 aliphatic carbocycles. The third-order valence-corrected chi connectivity index (χ3v) is 4.10. The number of ether oxygens (including phenoxy) is 1. The molecule has 26 heavy (non-hydrogen) atoms. The molecule has 3 aromatic rings. The van der Waals surface area contributed by atoms with Crippen molar-refractivity contribution in [1.29, 1.82) is 0 Å². The normalized spacial score (nSPS) is 12.7. The summed E-state index contributed by atoms with van der Waals surface area (Å²) in [6.07, 6.45) is 0. The van der Waals surface area contributed by atoms with E-state index in [4.69, 9.17) is 20.9 Å². The summed E-state index contributed by atoms with van der Waals surface area (Å²) in [5.74, 6) is 2.60. The van der Waals surface area contributed by atoms with Crippen molar-refractivity contribution in [1.82, 2.24) is 10.1 Å². The monoisotopic (exact) mass is 371 g/mol. The fourth-order valence-electron chi connectivity index (χ4n) is 2.30. The highest BCUT2D eigenvalue weighted by atomic mass is 35.5. The molecule has 1 heterocycles. The molecule has 0 saturated carbocycles. The van der Waals surface area contributed by atoms with Gasteiger partial charge in [0.15, 0.2) is 5.82 Å². The number of halogens is 1. The van der Waals surface area contributed by atoms with Gasteiger partial charge >= 0.3 is 0 Å². The van der Waals surface area contributed by atoms with Crippen molar-refractivity contribution >= 4 is 17.3 Å². The molecule has 0 radical (unpaired) electrons. The predicted molar refractivity (Wildman–Crippen MR) is 103 cm³/mol. The lowest BCUT2D eigenvalue weighted by Gasteiger charge is -2.13. The number of hydrogen-bond donors (Lipinski definition) is 1. The quantitative estimate of drug-likeness (QED) is 0.597. The van der Waals surface area contributed by atoms with Crippen LogP contribution >= 0.6 is 11.6 Å². The first-order chi connectivity index (χ1) is 12.3. The van der Waals surface area contributed by atoms with Crippen molar-refractivity contribution in [3.05, 3.63) is 65.3 Å². The van der Waals surface area contributed by atoms with Gasteiger partial charge in [0.25, 0.3) is 0 Å². The van der Waals surface area contributed by atoms with Crippen LogP contribution in [0.3, 0.4) is 0 Å². The molecule has 1 aromatic heterocycles. The minimum Gasteiger partial charge on any atom is -0.456 e. The maximum absolute atomic E-state index is 6.12. The second-order valence-electron chi connectivity index (χ2n) is 7.13. The van der Waals surface area contributed by atoms with Gasteiger partial charge < -0.3 is 14.6 Å². The lowest BCUT2D eigenvalue weighted by Crippen LogP contribution is -2.14. The molecule has 0 spiro atoms. The minimum absolute atomic E-state index is 0.103. The number of nitrogens with one attached hydrogen (secondary N) is 1. The van der Waals surface area contributed by atoms with Gasteiger partial charge in [0, 0.05) is 11.1 Å². The molecule has 6 heteroatoms. The van der Waals surface area contributed by atoms with Gasteiger partial charge in [-0.15, -0.1) is 0 Å². The third kappa shape index (κ3) is 4.35. The summed E-state index contributed by atoms with van der Waals surface area (Å²) in [5.41, 5.74) is 0.790.